The van der Waals surface area contributed by atoms with Gasteiger partial charge in [0, 0.05) is 6.04 Å². The molecule has 0 amide bonds. The molecule has 0 saturated heterocycles. The van der Waals surface area contributed by atoms with E-state index in [9.17, 15) is 4.79 Å². The number of nitrogens with one attached hydrogen (secondary N) is 1. The number of benzene rings is 1. The Hall–Kier alpha value is -1.35. The van der Waals surface area contributed by atoms with E-state index in [0.29, 0.717) is 6.42 Å². The van der Waals surface area contributed by atoms with Crippen LogP contribution in [0.5, 0.6) is 0 Å². The van der Waals surface area contributed by atoms with Crippen molar-refractivity contribution in [1.82, 2.24) is 5.32 Å². The molecule has 3 nitrogen and oxygen atoms in total. The molecule has 0 fully saturated rings. The molecule has 0 aliphatic rings. The van der Waals surface area contributed by atoms with Gasteiger partial charge in [0.2, 0.25) is 0 Å². The van der Waals surface area contributed by atoms with Crippen molar-refractivity contribution < 1.29 is 9.90 Å². The second-order valence-electron chi connectivity index (χ2n) is 4.28. The summed E-state index contributed by atoms with van der Waals surface area (Å²) < 4.78 is 0. The maximum Gasteiger partial charge on any atom is 0.320 e. The standard InChI is InChI=1S/C14H21NO2/c1-4-11-6-8-12(9-7-11)10(3)15-13(5-2)14(16)17/h6-10,13,15H,4-5H2,1-3H3,(H,16,17). The van der Waals surface area contributed by atoms with Gasteiger partial charge in [0.15, 0.2) is 0 Å². The molecule has 2 N–H and O–H groups in total. The van der Waals surface area contributed by atoms with Crippen molar-refractivity contribution in [3.05, 3.63) is 35.4 Å². The molecule has 17 heavy (non-hydrogen) atoms. The van der Waals surface area contributed by atoms with Gasteiger partial charge in [0.1, 0.15) is 6.04 Å². The van der Waals surface area contributed by atoms with E-state index in [-0.39, 0.29) is 6.04 Å². The quantitative estimate of drug-likeness (QED) is 0.797. The van der Waals surface area contributed by atoms with E-state index in [2.05, 4.69) is 36.5 Å². The minimum absolute atomic E-state index is 0.0574. The van der Waals surface area contributed by atoms with Crippen LogP contribution in [0.1, 0.15) is 44.4 Å². The molecule has 0 aliphatic heterocycles. The van der Waals surface area contributed by atoms with E-state index in [0.717, 1.165) is 12.0 Å². The molecule has 0 bridgehead atoms. The smallest absolute Gasteiger partial charge is 0.320 e. The molecule has 2 unspecified atom stereocenters. The second kappa shape index (κ2) is 6.40. The highest BCUT2D eigenvalue weighted by atomic mass is 16.4. The summed E-state index contributed by atoms with van der Waals surface area (Å²) in [5, 5.41) is 12.1. The summed E-state index contributed by atoms with van der Waals surface area (Å²) in [5.74, 6) is -0.787. The normalized spacial score (nSPS) is 14.3. The van der Waals surface area contributed by atoms with E-state index < -0.39 is 12.0 Å². The summed E-state index contributed by atoms with van der Waals surface area (Å²) in [4.78, 5) is 10.9. The highest BCUT2D eigenvalue weighted by Gasteiger charge is 2.17. The average molecular weight is 235 g/mol. The molecule has 2 atom stereocenters. The van der Waals surface area contributed by atoms with Gasteiger partial charge >= 0.3 is 5.97 Å². The van der Waals surface area contributed by atoms with Crippen molar-refractivity contribution in [1.29, 1.82) is 0 Å². The number of carboxylic acid groups (broad SMARTS) is 1. The zero-order valence-electron chi connectivity index (χ0n) is 10.7. The summed E-state index contributed by atoms with van der Waals surface area (Å²) in [6.07, 6.45) is 1.61. The lowest BCUT2D eigenvalue weighted by Crippen LogP contribution is -2.37. The van der Waals surface area contributed by atoms with Crippen LogP contribution in [0.15, 0.2) is 24.3 Å². The number of hydrogen-bond acceptors (Lipinski definition) is 2. The first-order valence-electron chi connectivity index (χ1n) is 6.16. The maximum absolute atomic E-state index is 10.9. The molecule has 0 radical (unpaired) electrons. The molecule has 3 heteroatoms. The summed E-state index contributed by atoms with van der Waals surface area (Å²) in [6.45, 7) is 5.99. The Labute approximate surface area is 103 Å². The van der Waals surface area contributed by atoms with Crippen LogP contribution in [-0.2, 0) is 11.2 Å². The molecule has 0 saturated carbocycles. The van der Waals surface area contributed by atoms with Crippen LogP contribution in [0.4, 0.5) is 0 Å². The molecule has 1 aromatic rings. The second-order valence-corrected chi connectivity index (χ2v) is 4.28. The fraction of sp³-hybridized carbons (Fsp3) is 0.500. The van der Waals surface area contributed by atoms with Crippen LogP contribution in [-0.4, -0.2) is 17.1 Å². The summed E-state index contributed by atoms with van der Waals surface area (Å²) in [5.41, 5.74) is 2.42. The van der Waals surface area contributed by atoms with E-state index in [1.165, 1.54) is 5.56 Å². The first kappa shape index (κ1) is 13.7. The summed E-state index contributed by atoms with van der Waals surface area (Å²) in [7, 11) is 0. The van der Waals surface area contributed by atoms with Crippen LogP contribution >= 0.6 is 0 Å². The largest absolute Gasteiger partial charge is 0.480 e. The predicted molar refractivity (Wildman–Crippen MR) is 69.1 cm³/mol. The molecule has 0 aliphatic carbocycles. The fourth-order valence-electron chi connectivity index (χ4n) is 1.80. The molecule has 94 valence electrons. The third-order valence-electron chi connectivity index (χ3n) is 3.05. The van der Waals surface area contributed by atoms with Gasteiger partial charge in [0.25, 0.3) is 0 Å². The Morgan fingerprint density at radius 1 is 1.29 bits per heavy atom. The van der Waals surface area contributed by atoms with Crippen LogP contribution in [0, 0.1) is 0 Å². The van der Waals surface area contributed by atoms with E-state index in [4.69, 9.17) is 5.11 Å². The van der Waals surface area contributed by atoms with Crippen molar-refractivity contribution >= 4 is 5.97 Å². The summed E-state index contributed by atoms with van der Waals surface area (Å²) in [6, 6.07) is 7.89. The zero-order chi connectivity index (χ0) is 12.8. The van der Waals surface area contributed by atoms with Gasteiger partial charge < -0.3 is 5.11 Å². The number of rotatable bonds is 6. The van der Waals surface area contributed by atoms with Gasteiger partial charge in [-0.25, -0.2) is 0 Å². The molecule has 1 aromatic carbocycles. The molecular weight excluding hydrogens is 214 g/mol. The van der Waals surface area contributed by atoms with E-state index in [1.54, 1.807) is 0 Å². The van der Waals surface area contributed by atoms with E-state index >= 15 is 0 Å². The van der Waals surface area contributed by atoms with Crippen LogP contribution in [0.3, 0.4) is 0 Å². The maximum atomic E-state index is 10.9. The lowest BCUT2D eigenvalue weighted by molar-refractivity contribution is -0.139. The van der Waals surface area contributed by atoms with Crippen molar-refractivity contribution in [2.75, 3.05) is 0 Å². The first-order valence-corrected chi connectivity index (χ1v) is 6.16. The Morgan fingerprint density at radius 3 is 2.29 bits per heavy atom. The minimum Gasteiger partial charge on any atom is -0.480 e. The van der Waals surface area contributed by atoms with Crippen molar-refractivity contribution in [3.8, 4) is 0 Å². The molecule has 0 heterocycles. The predicted octanol–water partition coefficient (Wildman–Crippen LogP) is 2.76. The molecule has 1 rings (SSSR count). The summed E-state index contributed by atoms with van der Waals surface area (Å²) >= 11 is 0. The zero-order valence-corrected chi connectivity index (χ0v) is 10.7. The van der Waals surface area contributed by atoms with Crippen molar-refractivity contribution in [2.45, 2.75) is 45.7 Å². The number of aliphatic carboxylic acids is 1. The topological polar surface area (TPSA) is 49.3 Å². The van der Waals surface area contributed by atoms with E-state index in [1.807, 2.05) is 13.8 Å². The van der Waals surface area contributed by atoms with Crippen LogP contribution < -0.4 is 5.32 Å². The average Bonchev–Trinajstić information content (AvgIpc) is 2.35. The number of carbonyl (C=O) groups is 1. The number of aryl methyl sites for hydroxylation is 1. The highest BCUT2D eigenvalue weighted by Crippen LogP contribution is 2.15. The third-order valence-corrected chi connectivity index (χ3v) is 3.05. The van der Waals surface area contributed by atoms with Gasteiger partial charge in [0.05, 0.1) is 0 Å². The first-order chi connectivity index (χ1) is 8.08. The minimum atomic E-state index is -0.787. The van der Waals surface area contributed by atoms with Crippen molar-refractivity contribution in [2.24, 2.45) is 0 Å². The lowest BCUT2D eigenvalue weighted by Gasteiger charge is -2.19. The van der Waals surface area contributed by atoms with Gasteiger partial charge in [-0.05, 0) is 30.9 Å². The molecular formula is C14H21NO2. The number of carboxylic acids is 1. The SMILES string of the molecule is CCc1ccc(C(C)NC(CC)C(=O)O)cc1. The van der Waals surface area contributed by atoms with Gasteiger partial charge in [-0.2, -0.15) is 0 Å². The Kier molecular flexibility index (Phi) is 5.16. The monoisotopic (exact) mass is 235 g/mol. The molecule has 0 aromatic heterocycles. The Morgan fingerprint density at radius 2 is 1.88 bits per heavy atom. The van der Waals surface area contributed by atoms with Gasteiger partial charge in [-0.15, -0.1) is 0 Å². The number of hydrogen-bond donors (Lipinski definition) is 2. The van der Waals surface area contributed by atoms with Crippen molar-refractivity contribution in [3.63, 3.8) is 0 Å². The third kappa shape index (κ3) is 3.86. The van der Waals surface area contributed by atoms with Gasteiger partial charge in [-0.3, -0.25) is 10.1 Å². The highest BCUT2D eigenvalue weighted by molar-refractivity contribution is 5.73. The van der Waals surface area contributed by atoms with Crippen LogP contribution in [0.25, 0.3) is 0 Å². The molecule has 0 spiro atoms. The Balaban J connectivity index is 2.68. The van der Waals surface area contributed by atoms with Gasteiger partial charge in [-0.1, -0.05) is 38.1 Å². The Bertz CT molecular complexity index is 359. The van der Waals surface area contributed by atoms with Crippen LogP contribution in [0.2, 0.25) is 0 Å². The lowest BCUT2D eigenvalue weighted by atomic mass is 10.0. The fourth-order valence-corrected chi connectivity index (χ4v) is 1.80.